The van der Waals surface area contributed by atoms with Gasteiger partial charge < -0.3 is 10.5 Å². The maximum atomic E-state index is 12.5. The van der Waals surface area contributed by atoms with Crippen molar-refractivity contribution in [2.75, 3.05) is 5.73 Å². The first-order valence-corrected chi connectivity index (χ1v) is 9.59. The topological polar surface area (TPSA) is 52.3 Å². The first kappa shape index (κ1) is 19.2. The molecule has 0 amide bonds. The van der Waals surface area contributed by atoms with Gasteiger partial charge in [-0.25, -0.2) is 0 Å². The predicted octanol–water partition coefficient (Wildman–Crippen LogP) is 5.60. The lowest BCUT2D eigenvalue weighted by Gasteiger charge is -2.16. The zero-order chi connectivity index (χ0) is 19.4. The Hall–Kier alpha value is -2.59. The number of hydrogen-bond acceptors (Lipinski definition) is 3. The van der Waals surface area contributed by atoms with Crippen molar-refractivity contribution in [3.63, 3.8) is 0 Å². The van der Waals surface area contributed by atoms with Crippen molar-refractivity contribution in [1.29, 1.82) is 0 Å². The third-order valence-corrected chi connectivity index (χ3v) is 5.29. The van der Waals surface area contributed by atoms with Gasteiger partial charge in [0.05, 0.1) is 6.42 Å². The van der Waals surface area contributed by atoms with Crippen LogP contribution in [0.4, 0.5) is 5.69 Å². The van der Waals surface area contributed by atoms with Crippen LogP contribution in [0.2, 0.25) is 0 Å². The molecule has 0 aliphatic carbocycles. The SMILES string of the molecule is Cc1ccc(-c2cc(Br)c(N)c(C)c2CC(=O)OCc2ccccc2)cc1. The van der Waals surface area contributed by atoms with Crippen LogP contribution >= 0.6 is 15.9 Å². The van der Waals surface area contributed by atoms with E-state index < -0.39 is 0 Å². The first-order chi connectivity index (χ1) is 13.0. The molecule has 0 heterocycles. The minimum Gasteiger partial charge on any atom is -0.461 e. The Bertz CT molecular complexity index is 950. The average molecular weight is 424 g/mol. The molecular formula is C23H22BrNO2. The molecule has 3 aromatic carbocycles. The molecule has 0 saturated carbocycles. The monoisotopic (exact) mass is 423 g/mol. The van der Waals surface area contributed by atoms with Crippen LogP contribution in [0.15, 0.2) is 65.1 Å². The molecule has 27 heavy (non-hydrogen) atoms. The Kier molecular flexibility index (Phi) is 5.97. The van der Waals surface area contributed by atoms with Gasteiger partial charge in [-0.2, -0.15) is 0 Å². The molecular weight excluding hydrogens is 402 g/mol. The summed E-state index contributed by atoms with van der Waals surface area (Å²) < 4.78 is 6.31. The molecule has 3 aromatic rings. The van der Waals surface area contributed by atoms with Crippen molar-refractivity contribution in [3.05, 3.63) is 87.4 Å². The quantitative estimate of drug-likeness (QED) is 0.429. The number of carbonyl (C=O) groups is 1. The molecule has 0 aliphatic heterocycles. The number of anilines is 1. The van der Waals surface area contributed by atoms with Gasteiger partial charge in [0.1, 0.15) is 6.61 Å². The summed E-state index contributed by atoms with van der Waals surface area (Å²) in [5, 5.41) is 0. The molecule has 0 aromatic heterocycles. The van der Waals surface area contributed by atoms with Crippen molar-refractivity contribution in [3.8, 4) is 11.1 Å². The molecule has 0 radical (unpaired) electrons. The number of benzene rings is 3. The lowest BCUT2D eigenvalue weighted by molar-refractivity contribution is -0.144. The minimum absolute atomic E-state index is 0.180. The third-order valence-electron chi connectivity index (χ3n) is 4.64. The number of hydrogen-bond donors (Lipinski definition) is 1. The minimum atomic E-state index is -0.267. The van der Waals surface area contributed by atoms with Crippen LogP contribution in [0.3, 0.4) is 0 Å². The zero-order valence-corrected chi connectivity index (χ0v) is 17.0. The Balaban J connectivity index is 1.88. The summed E-state index contributed by atoms with van der Waals surface area (Å²) >= 11 is 3.53. The Labute approximate surface area is 168 Å². The number of halogens is 1. The van der Waals surface area contributed by atoms with E-state index in [1.54, 1.807) is 0 Å². The second-order valence-electron chi connectivity index (χ2n) is 6.61. The van der Waals surface area contributed by atoms with Crippen LogP contribution in [0.5, 0.6) is 0 Å². The summed E-state index contributed by atoms with van der Waals surface area (Å²) in [6.07, 6.45) is 0.180. The van der Waals surface area contributed by atoms with Gasteiger partial charge in [-0.1, -0.05) is 60.2 Å². The normalized spacial score (nSPS) is 10.6. The molecule has 0 fully saturated rings. The summed E-state index contributed by atoms with van der Waals surface area (Å²) in [5.74, 6) is -0.267. The average Bonchev–Trinajstić information content (AvgIpc) is 2.68. The van der Waals surface area contributed by atoms with Crippen molar-refractivity contribution in [2.45, 2.75) is 26.9 Å². The van der Waals surface area contributed by atoms with Crippen LogP contribution in [0.25, 0.3) is 11.1 Å². The van der Waals surface area contributed by atoms with Gasteiger partial charge in [0.2, 0.25) is 0 Å². The number of carbonyl (C=O) groups excluding carboxylic acids is 1. The third kappa shape index (κ3) is 4.58. The van der Waals surface area contributed by atoms with Gasteiger partial charge in [-0.05, 0) is 63.7 Å². The number of aryl methyl sites for hydroxylation is 1. The summed E-state index contributed by atoms with van der Waals surface area (Å²) in [5.41, 5.74) is 12.8. The Morgan fingerprint density at radius 1 is 1.04 bits per heavy atom. The van der Waals surface area contributed by atoms with Crippen molar-refractivity contribution in [1.82, 2.24) is 0 Å². The molecule has 0 atom stereocenters. The lowest BCUT2D eigenvalue weighted by atomic mass is 9.92. The van der Waals surface area contributed by atoms with Crippen molar-refractivity contribution >= 4 is 27.6 Å². The highest BCUT2D eigenvalue weighted by molar-refractivity contribution is 9.10. The van der Waals surface area contributed by atoms with Gasteiger partial charge in [0, 0.05) is 10.2 Å². The first-order valence-electron chi connectivity index (χ1n) is 8.79. The summed E-state index contributed by atoms with van der Waals surface area (Å²) in [7, 11) is 0. The van der Waals surface area contributed by atoms with E-state index >= 15 is 0 Å². The van der Waals surface area contributed by atoms with Gasteiger partial charge in [-0.3, -0.25) is 4.79 Å². The highest BCUT2D eigenvalue weighted by atomic mass is 79.9. The fraction of sp³-hybridized carbons (Fsp3) is 0.174. The van der Waals surface area contributed by atoms with Crippen LogP contribution in [0, 0.1) is 13.8 Å². The number of nitrogen functional groups attached to an aromatic ring is 1. The molecule has 3 rings (SSSR count). The highest BCUT2D eigenvalue weighted by Crippen LogP contribution is 2.35. The maximum Gasteiger partial charge on any atom is 0.310 e. The summed E-state index contributed by atoms with van der Waals surface area (Å²) in [6, 6.07) is 19.9. The van der Waals surface area contributed by atoms with Crippen molar-refractivity contribution < 1.29 is 9.53 Å². The molecule has 3 nitrogen and oxygen atoms in total. The molecule has 2 N–H and O–H groups in total. The summed E-state index contributed by atoms with van der Waals surface area (Å²) in [6.45, 7) is 4.26. The fourth-order valence-electron chi connectivity index (χ4n) is 2.99. The van der Waals surface area contributed by atoms with E-state index in [4.69, 9.17) is 10.5 Å². The van der Waals surface area contributed by atoms with E-state index in [9.17, 15) is 4.79 Å². The number of rotatable bonds is 5. The van der Waals surface area contributed by atoms with Gasteiger partial charge in [0.15, 0.2) is 0 Å². The van der Waals surface area contributed by atoms with E-state index in [-0.39, 0.29) is 19.0 Å². The Morgan fingerprint density at radius 3 is 2.37 bits per heavy atom. The number of nitrogens with two attached hydrogens (primary N) is 1. The molecule has 0 saturated heterocycles. The molecule has 0 aliphatic rings. The highest BCUT2D eigenvalue weighted by Gasteiger charge is 2.17. The Morgan fingerprint density at radius 2 is 1.70 bits per heavy atom. The van der Waals surface area contributed by atoms with E-state index in [2.05, 4.69) is 47.1 Å². The molecule has 0 bridgehead atoms. The lowest BCUT2D eigenvalue weighted by Crippen LogP contribution is -2.11. The number of esters is 1. The van der Waals surface area contributed by atoms with Gasteiger partial charge in [0.25, 0.3) is 0 Å². The second-order valence-corrected chi connectivity index (χ2v) is 7.47. The second kappa shape index (κ2) is 8.40. The van der Waals surface area contributed by atoms with Crippen LogP contribution in [-0.4, -0.2) is 5.97 Å². The maximum absolute atomic E-state index is 12.5. The van der Waals surface area contributed by atoms with Crippen molar-refractivity contribution in [2.24, 2.45) is 0 Å². The standard InChI is InChI=1S/C23H22BrNO2/c1-15-8-10-18(11-9-15)20-12-21(24)23(25)16(2)19(20)13-22(26)27-14-17-6-4-3-5-7-17/h3-12H,13-14,25H2,1-2H3. The molecule has 138 valence electrons. The van der Waals surface area contributed by atoms with Crippen LogP contribution in [-0.2, 0) is 22.6 Å². The largest absolute Gasteiger partial charge is 0.461 e. The fourth-order valence-corrected chi connectivity index (χ4v) is 3.51. The molecule has 0 spiro atoms. The van der Waals surface area contributed by atoms with Crippen LogP contribution < -0.4 is 5.73 Å². The smallest absolute Gasteiger partial charge is 0.310 e. The van der Waals surface area contributed by atoms with E-state index in [0.717, 1.165) is 32.3 Å². The predicted molar refractivity (Wildman–Crippen MR) is 113 cm³/mol. The zero-order valence-electron chi connectivity index (χ0n) is 15.5. The van der Waals surface area contributed by atoms with Gasteiger partial charge >= 0.3 is 5.97 Å². The van der Waals surface area contributed by atoms with E-state index in [1.165, 1.54) is 5.56 Å². The number of ether oxygens (including phenoxy) is 1. The molecule has 0 unspecified atom stereocenters. The van der Waals surface area contributed by atoms with E-state index in [1.807, 2.05) is 43.3 Å². The van der Waals surface area contributed by atoms with Crippen LogP contribution in [0.1, 0.15) is 22.3 Å². The summed E-state index contributed by atoms with van der Waals surface area (Å²) in [4.78, 5) is 12.5. The van der Waals surface area contributed by atoms with E-state index in [0.29, 0.717) is 5.69 Å². The van der Waals surface area contributed by atoms with Gasteiger partial charge in [-0.15, -0.1) is 0 Å². The molecule has 4 heteroatoms.